The van der Waals surface area contributed by atoms with Crippen molar-refractivity contribution in [3.8, 4) is 5.88 Å². The number of aliphatic hydroxyl groups excluding tert-OH is 1. The number of ether oxygens (including phenoxy) is 1. The van der Waals surface area contributed by atoms with Gasteiger partial charge in [-0.05, 0) is 63.5 Å². The molecule has 1 saturated heterocycles. The van der Waals surface area contributed by atoms with Gasteiger partial charge in [-0.2, -0.15) is 0 Å². The Kier molecular flexibility index (Phi) is 7.16. The maximum absolute atomic E-state index is 9.94. The smallest absolute Gasteiger partial charge is 0.224 e. The monoisotopic (exact) mass is 412 g/mol. The molecule has 0 amide bonds. The highest BCUT2D eigenvalue weighted by Crippen LogP contribution is 2.37. The average Bonchev–Trinajstić information content (AvgIpc) is 2.75. The van der Waals surface area contributed by atoms with E-state index in [0.29, 0.717) is 17.7 Å². The lowest BCUT2D eigenvalue weighted by atomic mass is 9.82. The highest BCUT2D eigenvalue weighted by molar-refractivity contribution is 5.85. The van der Waals surface area contributed by atoms with Gasteiger partial charge in [0, 0.05) is 24.4 Å². The number of aliphatic hydroxyl groups is 1. The van der Waals surface area contributed by atoms with Gasteiger partial charge in [0.25, 0.3) is 0 Å². The second-order valence-corrected chi connectivity index (χ2v) is 9.24. The quantitative estimate of drug-likeness (QED) is 0.711. The van der Waals surface area contributed by atoms with Crippen molar-refractivity contribution in [3.63, 3.8) is 0 Å². The van der Waals surface area contributed by atoms with E-state index in [-0.39, 0.29) is 12.2 Å². The molecule has 2 aliphatic rings. The number of piperidine rings is 1. The normalized spacial score (nSPS) is 24.1. The van der Waals surface area contributed by atoms with Crippen LogP contribution in [0.5, 0.6) is 5.88 Å². The lowest BCUT2D eigenvalue weighted by Crippen LogP contribution is -2.34. The van der Waals surface area contributed by atoms with Gasteiger partial charge in [0.1, 0.15) is 11.9 Å². The molecule has 0 spiro atoms. The van der Waals surface area contributed by atoms with Crippen molar-refractivity contribution in [1.82, 2.24) is 20.3 Å². The second kappa shape index (κ2) is 10.0. The molecule has 2 aromatic rings. The zero-order chi connectivity index (χ0) is 20.9. The third-order valence-corrected chi connectivity index (χ3v) is 6.68. The number of hydrogen-bond acceptors (Lipinski definition) is 6. The fourth-order valence-corrected chi connectivity index (χ4v) is 4.91. The molecule has 2 N–H and O–H groups in total. The van der Waals surface area contributed by atoms with Gasteiger partial charge in [-0.25, -0.2) is 15.0 Å². The van der Waals surface area contributed by atoms with Crippen LogP contribution >= 0.6 is 0 Å². The third-order valence-electron chi connectivity index (χ3n) is 6.68. The minimum Gasteiger partial charge on any atom is -0.474 e. The van der Waals surface area contributed by atoms with Crippen molar-refractivity contribution in [3.05, 3.63) is 23.8 Å². The van der Waals surface area contributed by atoms with Crippen LogP contribution in [0.1, 0.15) is 82.5 Å². The SMILES string of the molecule is CCCC(C)Cc1ncc2c(OC3CCNCC3)ncc(C3CCC(O)CC3)c2n1. The van der Waals surface area contributed by atoms with E-state index in [2.05, 4.69) is 19.2 Å². The zero-order valence-corrected chi connectivity index (χ0v) is 18.4. The van der Waals surface area contributed by atoms with Gasteiger partial charge in [0.2, 0.25) is 5.88 Å². The number of hydrogen-bond donors (Lipinski definition) is 2. The van der Waals surface area contributed by atoms with Crippen LogP contribution in [0.2, 0.25) is 0 Å². The molecule has 0 aromatic carbocycles. The van der Waals surface area contributed by atoms with Crippen LogP contribution in [0.4, 0.5) is 0 Å². The van der Waals surface area contributed by atoms with Crippen LogP contribution in [0.25, 0.3) is 10.9 Å². The Labute approximate surface area is 179 Å². The summed E-state index contributed by atoms with van der Waals surface area (Å²) >= 11 is 0. The first kappa shape index (κ1) is 21.4. The van der Waals surface area contributed by atoms with E-state index in [1.54, 1.807) is 0 Å². The summed E-state index contributed by atoms with van der Waals surface area (Å²) in [5.41, 5.74) is 2.20. The van der Waals surface area contributed by atoms with Crippen molar-refractivity contribution in [2.75, 3.05) is 13.1 Å². The van der Waals surface area contributed by atoms with Gasteiger partial charge in [0.05, 0.1) is 17.0 Å². The molecule has 6 heteroatoms. The minimum atomic E-state index is -0.164. The summed E-state index contributed by atoms with van der Waals surface area (Å²) in [6.07, 6.45) is 12.9. The van der Waals surface area contributed by atoms with Crippen molar-refractivity contribution in [2.24, 2.45) is 5.92 Å². The fourth-order valence-electron chi connectivity index (χ4n) is 4.91. The first-order valence-corrected chi connectivity index (χ1v) is 11.8. The van der Waals surface area contributed by atoms with Gasteiger partial charge in [-0.15, -0.1) is 0 Å². The van der Waals surface area contributed by atoms with E-state index >= 15 is 0 Å². The first-order chi connectivity index (χ1) is 14.6. The topological polar surface area (TPSA) is 80.2 Å². The van der Waals surface area contributed by atoms with Crippen LogP contribution in [-0.4, -0.2) is 45.4 Å². The van der Waals surface area contributed by atoms with E-state index in [0.717, 1.165) is 74.8 Å². The Hall–Kier alpha value is -1.79. The molecule has 4 rings (SSSR count). The Balaban J connectivity index is 1.67. The van der Waals surface area contributed by atoms with Crippen molar-refractivity contribution >= 4 is 10.9 Å². The molecule has 1 atom stereocenters. The van der Waals surface area contributed by atoms with Crippen molar-refractivity contribution < 1.29 is 9.84 Å². The molecule has 30 heavy (non-hydrogen) atoms. The van der Waals surface area contributed by atoms with Crippen LogP contribution in [-0.2, 0) is 6.42 Å². The third kappa shape index (κ3) is 5.09. The van der Waals surface area contributed by atoms with E-state index in [1.165, 1.54) is 18.4 Å². The van der Waals surface area contributed by atoms with E-state index in [4.69, 9.17) is 19.7 Å². The van der Waals surface area contributed by atoms with Crippen LogP contribution < -0.4 is 10.1 Å². The molecule has 0 radical (unpaired) electrons. The lowest BCUT2D eigenvalue weighted by Gasteiger charge is -2.27. The molecule has 2 fully saturated rings. The average molecular weight is 413 g/mol. The summed E-state index contributed by atoms with van der Waals surface area (Å²) < 4.78 is 6.32. The summed E-state index contributed by atoms with van der Waals surface area (Å²) in [5, 5.41) is 14.3. The van der Waals surface area contributed by atoms with E-state index in [1.807, 2.05) is 12.4 Å². The highest BCUT2D eigenvalue weighted by Gasteiger charge is 2.25. The zero-order valence-electron chi connectivity index (χ0n) is 18.4. The Bertz CT molecular complexity index is 829. The maximum Gasteiger partial charge on any atom is 0.224 e. The number of pyridine rings is 1. The molecule has 2 aromatic heterocycles. The molecular weight excluding hydrogens is 376 g/mol. The number of fused-ring (bicyclic) bond motifs is 1. The van der Waals surface area contributed by atoms with E-state index in [9.17, 15) is 5.11 Å². The second-order valence-electron chi connectivity index (χ2n) is 9.24. The fraction of sp³-hybridized carbons (Fsp3) is 0.708. The summed E-state index contributed by atoms with van der Waals surface area (Å²) in [5.74, 6) is 2.56. The lowest BCUT2D eigenvalue weighted by molar-refractivity contribution is 0.122. The number of rotatable bonds is 7. The number of nitrogens with zero attached hydrogens (tertiary/aromatic N) is 3. The summed E-state index contributed by atoms with van der Waals surface area (Å²) in [4.78, 5) is 14.5. The van der Waals surface area contributed by atoms with Crippen molar-refractivity contribution in [2.45, 2.75) is 89.8 Å². The first-order valence-electron chi connectivity index (χ1n) is 11.8. The van der Waals surface area contributed by atoms with Gasteiger partial charge in [0.15, 0.2) is 0 Å². The molecule has 6 nitrogen and oxygen atoms in total. The molecule has 3 heterocycles. The molecule has 0 bridgehead atoms. The largest absolute Gasteiger partial charge is 0.474 e. The maximum atomic E-state index is 9.94. The molecule has 1 unspecified atom stereocenters. The van der Waals surface area contributed by atoms with Crippen LogP contribution in [0, 0.1) is 5.92 Å². The van der Waals surface area contributed by atoms with Gasteiger partial charge >= 0.3 is 0 Å². The molecule has 1 saturated carbocycles. The number of aromatic nitrogens is 3. The molecular formula is C24H36N4O2. The van der Waals surface area contributed by atoms with Gasteiger partial charge in [-0.3, -0.25) is 0 Å². The minimum absolute atomic E-state index is 0.164. The Morgan fingerprint density at radius 3 is 2.60 bits per heavy atom. The molecule has 164 valence electrons. The number of nitrogens with one attached hydrogen (secondary N) is 1. The molecule has 1 aliphatic heterocycles. The van der Waals surface area contributed by atoms with Crippen LogP contribution in [0.15, 0.2) is 12.4 Å². The molecule has 1 aliphatic carbocycles. The van der Waals surface area contributed by atoms with Gasteiger partial charge in [-0.1, -0.05) is 26.7 Å². The summed E-state index contributed by atoms with van der Waals surface area (Å²) in [7, 11) is 0. The predicted molar refractivity (Wildman–Crippen MR) is 119 cm³/mol. The predicted octanol–water partition coefficient (Wildman–Crippen LogP) is 4.15. The summed E-state index contributed by atoms with van der Waals surface area (Å²) in [6, 6.07) is 0. The van der Waals surface area contributed by atoms with Crippen LogP contribution in [0.3, 0.4) is 0 Å². The van der Waals surface area contributed by atoms with Crippen molar-refractivity contribution in [1.29, 1.82) is 0 Å². The van der Waals surface area contributed by atoms with Gasteiger partial charge < -0.3 is 15.2 Å². The Morgan fingerprint density at radius 2 is 1.87 bits per heavy atom. The standard InChI is InChI=1S/C24H36N4O2/c1-3-4-16(2)13-22-26-15-21-23(28-22)20(17-5-7-18(29)8-6-17)14-27-24(21)30-19-9-11-25-12-10-19/h14-19,25,29H,3-13H2,1-2H3. The Morgan fingerprint density at radius 1 is 1.10 bits per heavy atom. The highest BCUT2D eigenvalue weighted by atomic mass is 16.5. The van der Waals surface area contributed by atoms with E-state index < -0.39 is 0 Å². The summed E-state index contributed by atoms with van der Waals surface area (Å²) in [6.45, 7) is 6.48.